The van der Waals surface area contributed by atoms with Crippen LogP contribution in [0.4, 0.5) is 0 Å². The fourth-order valence-electron chi connectivity index (χ4n) is 3.64. The molecular formula is C21H20N2O5. The van der Waals surface area contributed by atoms with Gasteiger partial charge in [0.15, 0.2) is 23.0 Å². The Balaban J connectivity index is 1.58. The van der Waals surface area contributed by atoms with Gasteiger partial charge in [0.25, 0.3) is 5.91 Å². The molecule has 0 bridgehead atoms. The molecule has 5 rings (SSSR count). The summed E-state index contributed by atoms with van der Waals surface area (Å²) in [5.41, 5.74) is 4.20. The molecule has 0 saturated heterocycles. The molecule has 0 atom stereocenters. The lowest BCUT2D eigenvalue weighted by atomic mass is 9.99. The molecule has 0 spiro atoms. The molecule has 3 aliphatic rings. The second kappa shape index (κ2) is 6.45. The van der Waals surface area contributed by atoms with Gasteiger partial charge in [-0.1, -0.05) is 0 Å². The maximum Gasteiger partial charge on any atom is 0.260 e. The highest BCUT2D eigenvalue weighted by atomic mass is 16.7. The lowest BCUT2D eigenvalue weighted by Crippen LogP contribution is -2.15. The highest BCUT2D eigenvalue weighted by Gasteiger charge is 2.32. The van der Waals surface area contributed by atoms with Crippen molar-refractivity contribution in [3.8, 4) is 23.0 Å². The molecule has 144 valence electrons. The van der Waals surface area contributed by atoms with Crippen molar-refractivity contribution < 1.29 is 23.7 Å². The number of carbonyl (C=O) groups is 1. The number of amides is 1. The van der Waals surface area contributed by atoms with Gasteiger partial charge in [-0.05, 0) is 62.0 Å². The van der Waals surface area contributed by atoms with Crippen molar-refractivity contribution >= 4 is 17.7 Å². The van der Waals surface area contributed by atoms with Crippen LogP contribution in [0.3, 0.4) is 0 Å². The summed E-state index contributed by atoms with van der Waals surface area (Å²) in [7, 11) is 4.09. The molecule has 0 aliphatic carbocycles. The average molecular weight is 380 g/mol. The minimum Gasteiger partial charge on any atom is -0.454 e. The number of hydrogen-bond acceptors (Lipinski definition) is 6. The Kier molecular flexibility index (Phi) is 3.91. The quantitative estimate of drug-likeness (QED) is 0.879. The van der Waals surface area contributed by atoms with Gasteiger partial charge in [-0.15, -0.1) is 0 Å². The molecule has 3 heterocycles. The van der Waals surface area contributed by atoms with E-state index in [9.17, 15) is 4.79 Å². The minimum absolute atomic E-state index is 0.134. The van der Waals surface area contributed by atoms with E-state index in [1.54, 1.807) is 0 Å². The second-order valence-corrected chi connectivity index (χ2v) is 7.19. The Morgan fingerprint density at radius 3 is 2.61 bits per heavy atom. The molecule has 2 aromatic rings. The topological polar surface area (TPSA) is 69.3 Å². The number of likely N-dealkylation sites (N-methyl/N-ethyl adjacent to an activating group) is 1. The monoisotopic (exact) mass is 380 g/mol. The fraction of sp³-hybridized carbons (Fsp3) is 0.286. The number of carbonyl (C=O) groups excluding carboxylic acids is 1. The van der Waals surface area contributed by atoms with Crippen LogP contribution in [0.25, 0.3) is 11.8 Å². The molecule has 1 N–H and O–H groups in total. The average Bonchev–Trinajstić information content (AvgIpc) is 3.38. The zero-order valence-corrected chi connectivity index (χ0v) is 15.7. The predicted molar refractivity (Wildman–Crippen MR) is 103 cm³/mol. The minimum atomic E-state index is -0.181. The van der Waals surface area contributed by atoms with E-state index in [-0.39, 0.29) is 19.5 Å². The van der Waals surface area contributed by atoms with Crippen molar-refractivity contribution in [3.63, 3.8) is 0 Å². The smallest absolute Gasteiger partial charge is 0.260 e. The van der Waals surface area contributed by atoms with Crippen molar-refractivity contribution in [1.29, 1.82) is 0 Å². The number of rotatable bonds is 4. The third kappa shape index (κ3) is 2.75. The van der Waals surface area contributed by atoms with E-state index < -0.39 is 0 Å². The number of benzene rings is 2. The standard InChI is InChI=1S/C21H20N2O5/c1-23(2)6-5-12-8-17-18(27-10-26-17)9-13(12)7-15-14-3-4-16-20(28-11-25-16)19(14)21(24)22-15/h3-4,7-9H,5-6,10-11H2,1-2H3,(H,22,24)/b15-7+. The van der Waals surface area contributed by atoms with Crippen LogP contribution in [0.2, 0.25) is 0 Å². The van der Waals surface area contributed by atoms with Gasteiger partial charge in [-0.2, -0.15) is 0 Å². The van der Waals surface area contributed by atoms with Crippen molar-refractivity contribution in [3.05, 3.63) is 46.5 Å². The zero-order valence-electron chi connectivity index (χ0n) is 15.7. The van der Waals surface area contributed by atoms with Crippen molar-refractivity contribution in [2.45, 2.75) is 6.42 Å². The van der Waals surface area contributed by atoms with Crippen molar-refractivity contribution in [1.82, 2.24) is 10.2 Å². The normalized spacial score (nSPS) is 17.4. The summed E-state index contributed by atoms with van der Waals surface area (Å²) in [6.45, 7) is 1.26. The Bertz CT molecular complexity index is 1010. The van der Waals surface area contributed by atoms with Crippen LogP contribution in [0.1, 0.15) is 27.0 Å². The van der Waals surface area contributed by atoms with E-state index in [0.29, 0.717) is 17.1 Å². The van der Waals surface area contributed by atoms with Gasteiger partial charge in [0.1, 0.15) is 0 Å². The summed E-state index contributed by atoms with van der Waals surface area (Å²) in [5, 5.41) is 2.96. The Morgan fingerprint density at radius 1 is 1.04 bits per heavy atom. The molecule has 3 aliphatic heterocycles. The molecule has 28 heavy (non-hydrogen) atoms. The first-order valence-electron chi connectivity index (χ1n) is 9.13. The van der Waals surface area contributed by atoms with Crippen LogP contribution in [0.15, 0.2) is 24.3 Å². The van der Waals surface area contributed by atoms with Crippen LogP contribution in [0.5, 0.6) is 23.0 Å². The molecule has 0 aromatic heterocycles. The van der Waals surface area contributed by atoms with Crippen LogP contribution < -0.4 is 24.3 Å². The first kappa shape index (κ1) is 16.9. The van der Waals surface area contributed by atoms with Crippen molar-refractivity contribution in [2.24, 2.45) is 0 Å². The second-order valence-electron chi connectivity index (χ2n) is 7.19. The van der Waals surface area contributed by atoms with Crippen LogP contribution >= 0.6 is 0 Å². The molecule has 0 fully saturated rings. The third-order valence-electron chi connectivity index (χ3n) is 5.07. The highest BCUT2D eigenvalue weighted by Crippen LogP contribution is 2.43. The molecule has 7 nitrogen and oxygen atoms in total. The molecule has 2 aromatic carbocycles. The number of ether oxygens (including phenoxy) is 4. The summed E-state index contributed by atoms with van der Waals surface area (Å²) in [5.74, 6) is 2.41. The van der Waals surface area contributed by atoms with Crippen LogP contribution in [-0.4, -0.2) is 45.0 Å². The fourth-order valence-corrected chi connectivity index (χ4v) is 3.64. The Morgan fingerprint density at radius 2 is 1.79 bits per heavy atom. The van der Waals surface area contributed by atoms with Gasteiger partial charge in [0.05, 0.1) is 5.56 Å². The molecule has 7 heteroatoms. The van der Waals surface area contributed by atoms with E-state index in [1.165, 1.54) is 0 Å². The van der Waals surface area contributed by atoms with Crippen LogP contribution in [-0.2, 0) is 6.42 Å². The molecule has 1 amide bonds. The van der Waals surface area contributed by atoms with E-state index in [1.807, 2.05) is 44.4 Å². The first-order chi connectivity index (χ1) is 13.6. The maximum atomic E-state index is 12.6. The predicted octanol–water partition coefficient (Wildman–Crippen LogP) is 2.49. The van der Waals surface area contributed by atoms with E-state index in [4.69, 9.17) is 18.9 Å². The van der Waals surface area contributed by atoms with Gasteiger partial charge in [-0.3, -0.25) is 4.79 Å². The molecule has 0 saturated carbocycles. The van der Waals surface area contributed by atoms with Gasteiger partial charge in [0.2, 0.25) is 13.6 Å². The van der Waals surface area contributed by atoms with Gasteiger partial charge in [0, 0.05) is 17.8 Å². The van der Waals surface area contributed by atoms with E-state index in [2.05, 4.69) is 10.2 Å². The van der Waals surface area contributed by atoms with Gasteiger partial charge in [-0.25, -0.2) is 0 Å². The summed E-state index contributed by atoms with van der Waals surface area (Å²) < 4.78 is 22.0. The summed E-state index contributed by atoms with van der Waals surface area (Å²) in [4.78, 5) is 14.7. The number of nitrogens with zero attached hydrogens (tertiary/aromatic N) is 1. The molecular weight excluding hydrogens is 360 g/mol. The lowest BCUT2D eigenvalue weighted by molar-refractivity contribution is 0.0976. The summed E-state index contributed by atoms with van der Waals surface area (Å²) >= 11 is 0. The maximum absolute atomic E-state index is 12.6. The summed E-state index contributed by atoms with van der Waals surface area (Å²) in [6.07, 6.45) is 2.84. The van der Waals surface area contributed by atoms with E-state index in [0.717, 1.165) is 46.9 Å². The highest BCUT2D eigenvalue weighted by molar-refractivity contribution is 6.14. The largest absolute Gasteiger partial charge is 0.454 e. The SMILES string of the molecule is CN(C)CCc1cc2c(cc1/C=C1/NC(=O)c3c1ccc1c3OCO1)OCO2. The van der Waals surface area contributed by atoms with E-state index >= 15 is 0 Å². The summed E-state index contributed by atoms with van der Waals surface area (Å²) in [6, 6.07) is 7.72. The number of nitrogens with one attached hydrogen (secondary N) is 1. The van der Waals surface area contributed by atoms with Gasteiger partial charge >= 0.3 is 0 Å². The third-order valence-corrected chi connectivity index (χ3v) is 5.07. The first-order valence-corrected chi connectivity index (χ1v) is 9.13. The Labute approximate surface area is 162 Å². The molecule has 0 radical (unpaired) electrons. The number of hydrogen-bond donors (Lipinski definition) is 1. The van der Waals surface area contributed by atoms with Crippen molar-refractivity contribution in [2.75, 3.05) is 34.2 Å². The molecule has 0 unspecified atom stereocenters. The van der Waals surface area contributed by atoms with Gasteiger partial charge < -0.3 is 29.2 Å². The van der Waals surface area contributed by atoms with Crippen LogP contribution in [0, 0.1) is 0 Å². The number of fused-ring (bicyclic) bond motifs is 4. The zero-order chi connectivity index (χ0) is 19.3. The Hall–Kier alpha value is -3.19. The lowest BCUT2D eigenvalue weighted by Gasteiger charge is -2.13.